The van der Waals surface area contributed by atoms with E-state index in [0.717, 1.165) is 45.6 Å². The zero-order valence-electron chi connectivity index (χ0n) is 18.7. The van der Waals surface area contributed by atoms with Gasteiger partial charge in [0.05, 0.1) is 28.2 Å². The maximum Gasteiger partial charge on any atom is 0.306 e. The van der Waals surface area contributed by atoms with Crippen LogP contribution in [0.3, 0.4) is 0 Å². The maximum atomic E-state index is 12.2. The highest BCUT2D eigenvalue weighted by Gasteiger charge is 2.12. The van der Waals surface area contributed by atoms with Crippen LogP contribution >= 0.6 is 11.3 Å². The smallest absolute Gasteiger partial charge is 0.306 e. The molecule has 6 nitrogen and oxygen atoms in total. The number of nitrogens with zero attached hydrogens (tertiary/aromatic N) is 2. The first-order valence-electron chi connectivity index (χ1n) is 11.0. The monoisotopic (exact) mass is 454 g/mol. The van der Waals surface area contributed by atoms with Gasteiger partial charge in [0.25, 0.3) is 0 Å². The van der Waals surface area contributed by atoms with Crippen LogP contribution in [0.15, 0.2) is 42.5 Å². The van der Waals surface area contributed by atoms with Crippen molar-refractivity contribution >= 4 is 33.4 Å². The van der Waals surface area contributed by atoms with E-state index in [-0.39, 0.29) is 24.9 Å². The van der Waals surface area contributed by atoms with Crippen LogP contribution in [-0.4, -0.2) is 47.1 Å². The Bertz CT molecular complexity index is 1060. The Morgan fingerprint density at radius 1 is 1.06 bits per heavy atom. The summed E-state index contributed by atoms with van der Waals surface area (Å²) in [6, 6.07) is 13.4. The highest BCUT2D eigenvalue weighted by Crippen LogP contribution is 2.25. The first-order valence-corrected chi connectivity index (χ1v) is 11.8. The molecule has 0 unspecified atom stereocenters. The lowest BCUT2D eigenvalue weighted by Gasteiger charge is -2.17. The van der Waals surface area contributed by atoms with Crippen LogP contribution in [0.1, 0.15) is 41.8 Å². The van der Waals surface area contributed by atoms with Gasteiger partial charge in [-0.2, -0.15) is 0 Å². The Morgan fingerprint density at radius 2 is 1.88 bits per heavy atom. The zero-order chi connectivity index (χ0) is 22.9. The molecule has 2 aromatic carbocycles. The average molecular weight is 455 g/mol. The number of unbranched alkanes of at least 4 members (excludes halogenated alkanes) is 1. The first-order chi connectivity index (χ1) is 15.4. The number of aryl methyl sites for hydroxylation is 3. The number of aromatic nitrogens is 1. The Morgan fingerprint density at radius 3 is 2.66 bits per heavy atom. The molecule has 0 saturated heterocycles. The molecule has 0 fully saturated rings. The molecule has 1 heterocycles. The van der Waals surface area contributed by atoms with Gasteiger partial charge >= 0.3 is 5.97 Å². The third kappa shape index (κ3) is 6.79. The van der Waals surface area contributed by atoms with Crippen molar-refractivity contribution in [3.05, 3.63) is 58.6 Å². The Hall–Kier alpha value is -2.93. The summed E-state index contributed by atoms with van der Waals surface area (Å²) >= 11 is 1.61. The number of rotatable bonds is 11. The lowest BCUT2D eigenvalue weighted by atomic mass is 10.1. The molecule has 0 saturated carbocycles. The predicted octanol–water partition coefficient (Wildman–Crippen LogP) is 4.66. The van der Waals surface area contributed by atoms with Gasteiger partial charge in [0.15, 0.2) is 0 Å². The molecule has 170 valence electrons. The summed E-state index contributed by atoms with van der Waals surface area (Å²) in [7, 11) is 1.72. The summed E-state index contributed by atoms with van der Waals surface area (Å²) in [6.07, 6.45) is 3.60. The fourth-order valence-electron chi connectivity index (χ4n) is 3.45. The summed E-state index contributed by atoms with van der Waals surface area (Å²) in [5.74, 6) is 0.0590. The largest absolute Gasteiger partial charge is 0.508 e. The van der Waals surface area contributed by atoms with E-state index in [1.165, 1.54) is 0 Å². The molecule has 7 heteroatoms. The number of phenols is 1. The van der Waals surface area contributed by atoms with Crippen LogP contribution in [0.25, 0.3) is 10.2 Å². The van der Waals surface area contributed by atoms with E-state index in [1.54, 1.807) is 35.4 Å². The summed E-state index contributed by atoms with van der Waals surface area (Å²) in [5, 5.41) is 10.7. The third-order valence-electron chi connectivity index (χ3n) is 5.40. The quantitative estimate of drug-likeness (QED) is 0.337. The fraction of sp³-hybridized carbons (Fsp3) is 0.400. The van der Waals surface area contributed by atoms with Crippen LogP contribution in [0.5, 0.6) is 5.75 Å². The number of para-hydroxylation sites is 2. The molecular weight excluding hydrogens is 424 g/mol. The number of phenolic OH excluding ortho intramolecular Hbond substituents is 1. The van der Waals surface area contributed by atoms with E-state index in [0.29, 0.717) is 25.1 Å². The van der Waals surface area contributed by atoms with Gasteiger partial charge in [0.2, 0.25) is 5.91 Å². The van der Waals surface area contributed by atoms with Gasteiger partial charge in [0, 0.05) is 19.9 Å². The fourth-order valence-corrected chi connectivity index (χ4v) is 4.49. The number of carbonyl (C=O) groups is 2. The van der Waals surface area contributed by atoms with E-state index in [2.05, 4.69) is 4.98 Å². The number of hydrogen-bond donors (Lipinski definition) is 1. The SMILES string of the molecule is Cc1cccc2sc(CCC(=O)OCCN(C)C(=O)CCCCc3ccccc3O)nc12. The van der Waals surface area contributed by atoms with Crippen LogP contribution < -0.4 is 0 Å². The summed E-state index contributed by atoms with van der Waals surface area (Å²) in [6.45, 7) is 2.61. The molecule has 0 aliphatic heterocycles. The molecular formula is C25H30N2O4S. The van der Waals surface area contributed by atoms with Crippen molar-refractivity contribution in [3.8, 4) is 5.75 Å². The highest BCUT2D eigenvalue weighted by atomic mass is 32.1. The van der Waals surface area contributed by atoms with Gasteiger partial charge in [-0.1, -0.05) is 30.3 Å². The lowest BCUT2D eigenvalue weighted by molar-refractivity contribution is -0.145. The highest BCUT2D eigenvalue weighted by molar-refractivity contribution is 7.18. The van der Waals surface area contributed by atoms with Gasteiger partial charge < -0.3 is 14.7 Å². The minimum Gasteiger partial charge on any atom is -0.508 e. The maximum absolute atomic E-state index is 12.2. The molecule has 0 aliphatic carbocycles. The summed E-state index contributed by atoms with van der Waals surface area (Å²) in [4.78, 5) is 30.5. The number of ether oxygens (including phenoxy) is 1. The van der Waals surface area contributed by atoms with Crippen molar-refractivity contribution in [3.63, 3.8) is 0 Å². The summed E-state index contributed by atoms with van der Waals surface area (Å²) < 4.78 is 6.43. The van der Waals surface area contributed by atoms with E-state index in [4.69, 9.17) is 4.74 Å². The van der Waals surface area contributed by atoms with Crippen molar-refractivity contribution in [2.24, 2.45) is 0 Å². The number of carbonyl (C=O) groups excluding carboxylic acids is 2. The first kappa shape index (κ1) is 23.7. The molecule has 3 aromatic rings. The zero-order valence-corrected chi connectivity index (χ0v) is 19.5. The minimum atomic E-state index is -0.274. The minimum absolute atomic E-state index is 0.0307. The number of thiazole rings is 1. The van der Waals surface area contributed by atoms with Crippen molar-refractivity contribution in [2.45, 2.75) is 45.4 Å². The van der Waals surface area contributed by atoms with Crippen molar-refractivity contribution in [1.29, 1.82) is 0 Å². The molecule has 0 radical (unpaired) electrons. The Kier molecular flexibility index (Phi) is 8.62. The second-order valence-corrected chi connectivity index (χ2v) is 9.02. The van der Waals surface area contributed by atoms with Crippen molar-refractivity contribution < 1.29 is 19.4 Å². The molecule has 3 rings (SSSR count). The summed E-state index contributed by atoms with van der Waals surface area (Å²) in [5.41, 5.74) is 3.04. The standard InChI is InChI=1S/C25H30N2O4S/c1-18-8-7-12-21-25(18)26-22(32-21)14-15-24(30)31-17-16-27(2)23(29)13-6-4-10-19-9-3-5-11-20(19)28/h3,5,7-9,11-12,28H,4,6,10,13-17H2,1-2H3. The Labute approximate surface area is 192 Å². The second-order valence-electron chi connectivity index (χ2n) is 7.90. The second kappa shape index (κ2) is 11.6. The van der Waals surface area contributed by atoms with Crippen LogP contribution in [0.2, 0.25) is 0 Å². The van der Waals surface area contributed by atoms with Crippen LogP contribution in [-0.2, 0) is 27.2 Å². The Balaban J connectivity index is 1.29. The number of fused-ring (bicyclic) bond motifs is 1. The number of likely N-dealkylation sites (N-methyl/N-ethyl adjacent to an activating group) is 1. The molecule has 0 bridgehead atoms. The van der Waals surface area contributed by atoms with Crippen molar-refractivity contribution in [2.75, 3.05) is 20.2 Å². The van der Waals surface area contributed by atoms with Gasteiger partial charge in [-0.05, 0) is 49.4 Å². The number of benzene rings is 2. The number of esters is 1. The third-order valence-corrected chi connectivity index (χ3v) is 6.48. The van der Waals surface area contributed by atoms with Gasteiger partial charge in [0.1, 0.15) is 12.4 Å². The normalized spacial score (nSPS) is 10.9. The topological polar surface area (TPSA) is 79.7 Å². The molecule has 1 N–H and O–H groups in total. The van der Waals surface area contributed by atoms with Crippen LogP contribution in [0, 0.1) is 6.92 Å². The van der Waals surface area contributed by atoms with E-state index >= 15 is 0 Å². The van der Waals surface area contributed by atoms with E-state index in [9.17, 15) is 14.7 Å². The van der Waals surface area contributed by atoms with Gasteiger partial charge in [-0.3, -0.25) is 9.59 Å². The molecule has 32 heavy (non-hydrogen) atoms. The molecule has 1 aromatic heterocycles. The van der Waals surface area contributed by atoms with E-state index < -0.39 is 0 Å². The van der Waals surface area contributed by atoms with Gasteiger partial charge in [-0.15, -0.1) is 11.3 Å². The number of hydrogen-bond acceptors (Lipinski definition) is 6. The molecule has 1 amide bonds. The van der Waals surface area contributed by atoms with Crippen molar-refractivity contribution in [1.82, 2.24) is 9.88 Å². The number of amides is 1. The van der Waals surface area contributed by atoms with Crippen LogP contribution in [0.4, 0.5) is 0 Å². The predicted molar refractivity (Wildman–Crippen MR) is 127 cm³/mol. The number of aromatic hydroxyl groups is 1. The molecule has 0 spiro atoms. The lowest BCUT2D eigenvalue weighted by Crippen LogP contribution is -2.30. The van der Waals surface area contributed by atoms with Gasteiger partial charge in [-0.25, -0.2) is 4.98 Å². The molecule has 0 atom stereocenters. The van der Waals surface area contributed by atoms with E-state index in [1.807, 2.05) is 37.3 Å². The average Bonchev–Trinajstić information content (AvgIpc) is 3.21. The molecule has 0 aliphatic rings.